The van der Waals surface area contributed by atoms with E-state index in [4.69, 9.17) is 15.2 Å². The molecule has 1 aromatic heterocycles. The highest BCUT2D eigenvalue weighted by atomic mass is 19.1. The van der Waals surface area contributed by atoms with Crippen LogP contribution in [0.15, 0.2) is 24.5 Å². The molecule has 0 unspecified atom stereocenters. The topological polar surface area (TPSA) is 70.3 Å². The maximum Gasteiger partial charge on any atom is 0.249 e. The van der Waals surface area contributed by atoms with Crippen molar-refractivity contribution in [2.75, 3.05) is 5.73 Å². The first-order valence-electron chi connectivity index (χ1n) is 5.87. The van der Waals surface area contributed by atoms with Crippen molar-refractivity contribution in [1.29, 1.82) is 0 Å². The number of halogens is 2. The lowest BCUT2D eigenvalue weighted by Gasteiger charge is -2.13. The van der Waals surface area contributed by atoms with E-state index in [1.54, 1.807) is 0 Å². The molecule has 0 spiro atoms. The fourth-order valence-electron chi connectivity index (χ4n) is 1.46. The number of anilines is 1. The molecule has 0 atom stereocenters. The van der Waals surface area contributed by atoms with Gasteiger partial charge in [0, 0.05) is 18.2 Å². The molecule has 2 aromatic rings. The Morgan fingerprint density at radius 2 is 1.65 bits per heavy atom. The van der Waals surface area contributed by atoms with Crippen molar-refractivity contribution in [1.82, 2.24) is 9.97 Å². The van der Waals surface area contributed by atoms with Crippen LogP contribution in [0.4, 0.5) is 14.5 Å². The second-order valence-corrected chi connectivity index (χ2v) is 4.27. The second-order valence-electron chi connectivity index (χ2n) is 4.27. The van der Waals surface area contributed by atoms with Crippen LogP contribution in [0.3, 0.4) is 0 Å². The normalized spacial score (nSPS) is 10.7. The Morgan fingerprint density at radius 1 is 1.05 bits per heavy atom. The molecule has 0 bridgehead atoms. The molecule has 5 nitrogen and oxygen atoms in total. The highest BCUT2D eigenvalue weighted by Gasteiger charge is 2.13. The molecule has 20 heavy (non-hydrogen) atoms. The number of benzene rings is 1. The number of rotatable bonds is 4. The molecule has 0 aliphatic rings. The van der Waals surface area contributed by atoms with Crippen molar-refractivity contribution in [2.45, 2.75) is 20.0 Å². The van der Waals surface area contributed by atoms with E-state index in [-0.39, 0.29) is 29.3 Å². The summed E-state index contributed by atoms with van der Waals surface area (Å²) in [6, 6.07) is 2.78. The zero-order chi connectivity index (χ0) is 14.7. The third-order valence-electron chi connectivity index (χ3n) is 2.21. The monoisotopic (exact) mass is 281 g/mol. The van der Waals surface area contributed by atoms with Gasteiger partial charge >= 0.3 is 0 Å². The molecule has 7 heteroatoms. The van der Waals surface area contributed by atoms with E-state index in [9.17, 15) is 8.78 Å². The summed E-state index contributed by atoms with van der Waals surface area (Å²) in [5.41, 5.74) is 5.85. The van der Waals surface area contributed by atoms with Crippen molar-refractivity contribution in [3.8, 4) is 17.5 Å². The predicted molar refractivity (Wildman–Crippen MR) is 68.6 cm³/mol. The molecule has 0 saturated carbocycles. The molecule has 106 valence electrons. The zero-order valence-electron chi connectivity index (χ0n) is 10.9. The molecular formula is C13H13F2N3O2. The first-order chi connectivity index (χ1) is 9.45. The van der Waals surface area contributed by atoms with Crippen LogP contribution in [-0.2, 0) is 0 Å². The van der Waals surface area contributed by atoms with E-state index in [1.807, 2.05) is 13.8 Å². The molecule has 2 N–H and O–H groups in total. The third-order valence-corrected chi connectivity index (χ3v) is 2.21. The van der Waals surface area contributed by atoms with Gasteiger partial charge in [0.2, 0.25) is 11.8 Å². The summed E-state index contributed by atoms with van der Waals surface area (Å²) in [6.45, 7) is 3.62. The first kappa shape index (κ1) is 14.0. The average Bonchev–Trinajstić information content (AvgIpc) is 2.32. The number of aromatic nitrogens is 2. The number of nitrogens with two attached hydrogens (primary N) is 1. The van der Waals surface area contributed by atoms with Gasteiger partial charge in [-0.15, -0.1) is 0 Å². The van der Waals surface area contributed by atoms with Crippen molar-refractivity contribution in [2.24, 2.45) is 0 Å². The van der Waals surface area contributed by atoms with Crippen LogP contribution < -0.4 is 15.2 Å². The summed E-state index contributed by atoms with van der Waals surface area (Å²) in [5.74, 6) is -1.44. The van der Waals surface area contributed by atoms with Crippen molar-refractivity contribution in [3.05, 3.63) is 36.2 Å². The SMILES string of the molecule is CC(C)Oc1ncnc(Oc2cc(F)cc(F)c2)c1N. The Balaban J connectivity index is 2.29. The summed E-state index contributed by atoms with van der Waals surface area (Å²) in [7, 11) is 0. The Labute approximate surface area is 114 Å². The van der Waals surface area contributed by atoms with Crippen LogP contribution >= 0.6 is 0 Å². The molecule has 0 fully saturated rings. The van der Waals surface area contributed by atoms with E-state index >= 15 is 0 Å². The van der Waals surface area contributed by atoms with Gasteiger partial charge in [0.25, 0.3) is 0 Å². The molecular weight excluding hydrogens is 268 g/mol. The number of hydrogen-bond acceptors (Lipinski definition) is 5. The minimum absolute atomic E-state index is 0.0272. The lowest BCUT2D eigenvalue weighted by Crippen LogP contribution is -2.10. The van der Waals surface area contributed by atoms with E-state index in [0.29, 0.717) is 0 Å². The van der Waals surface area contributed by atoms with Gasteiger partial charge in [-0.2, -0.15) is 9.97 Å². The minimum atomic E-state index is -0.758. The maximum absolute atomic E-state index is 13.1. The summed E-state index contributed by atoms with van der Waals surface area (Å²) in [5, 5.41) is 0. The number of nitrogens with zero attached hydrogens (tertiary/aromatic N) is 2. The van der Waals surface area contributed by atoms with Gasteiger partial charge in [-0.05, 0) is 13.8 Å². The van der Waals surface area contributed by atoms with Gasteiger partial charge in [0.05, 0.1) is 6.10 Å². The fraction of sp³-hybridized carbons (Fsp3) is 0.231. The Bertz CT molecular complexity index is 600. The molecule has 0 aliphatic heterocycles. The maximum atomic E-state index is 13.1. The van der Waals surface area contributed by atoms with Crippen LogP contribution in [0, 0.1) is 11.6 Å². The van der Waals surface area contributed by atoms with Crippen LogP contribution in [0.1, 0.15) is 13.8 Å². The highest BCUT2D eigenvalue weighted by molar-refractivity contribution is 5.56. The van der Waals surface area contributed by atoms with Crippen LogP contribution in [0.5, 0.6) is 17.5 Å². The number of ether oxygens (including phenoxy) is 2. The van der Waals surface area contributed by atoms with E-state index in [0.717, 1.165) is 18.2 Å². The summed E-state index contributed by atoms with van der Waals surface area (Å²) < 4.78 is 36.8. The van der Waals surface area contributed by atoms with E-state index < -0.39 is 11.6 Å². The van der Waals surface area contributed by atoms with Crippen molar-refractivity contribution < 1.29 is 18.3 Å². The summed E-state index contributed by atoms with van der Waals surface area (Å²) in [6.07, 6.45) is 1.06. The standard InChI is InChI=1S/C13H13F2N3O2/c1-7(2)19-12-11(16)13(18-6-17-12)20-10-4-8(14)3-9(15)5-10/h3-7H,16H2,1-2H3. The number of hydrogen-bond donors (Lipinski definition) is 1. The molecule has 0 radical (unpaired) electrons. The molecule has 0 aliphatic carbocycles. The minimum Gasteiger partial charge on any atom is -0.473 e. The molecule has 1 heterocycles. The molecule has 2 rings (SSSR count). The van der Waals surface area contributed by atoms with Crippen molar-refractivity contribution >= 4 is 5.69 Å². The van der Waals surface area contributed by atoms with E-state index in [2.05, 4.69) is 9.97 Å². The third kappa shape index (κ3) is 3.31. The Morgan fingerprint density at radius 3 is 2.25 bits per heavy atom. The predicted octanol–water partition coefficient (Wildman–Crippen LogP) is 2.92. The van der Waals surface area contributed by atoms with Crippen molar-refractivity contribution in [3.63, 3.8) is 0 Å². The lowest BCUT2D eigenvalue weighted by molar-refractivity contribution is 0.232. The molecule has 0 amide bonds. The fourth-order valence-corrected chi connectivity index (χ4v) is 1.46. The van der Waals surface area contributed by atoms with Gasteiger partial charge in [-0.3, -0.25) is 0 Å². The largest absolute Gasteiger partial charge is 0.473 e. The Kier molecular flexibility index (Phi) is 3.97. The van der Waals surface area contributed by atoms with Gasteiger partial charge in [-0.1, -0.05) is 0 Å². The smallest absolute Gasteiger partial charge is 0.249 e. The van der Waals surface area contributed by atoms with Crippen LogP contribution in [0.25, 0.3) is 0 Å². The number of nitrogen functional groups attached to an aromatic ring is 1. The van der Waals surface area contributed by atoms with Crippen LogP contribution in [0.2, 0.25) is 0 Å². The van der Waals surface area contributed by atoms with E-state index in [1.165, 1.54) is 6.33 Å². The molecule has 1 aromatic carbocycles. The van der Waals surface area contributed by atoms with Gasteiger partial charge in [0.1, 0.15) is 23.7 Å². The quantitative estimate of drug-likeness (QED) is 0.933. The summed E-state index contributed by atoms with van der Waals surface area (Å²) in [4.78, 5) is 7.69. The Hall–Kier alpha value is -2.44. The summed E-state index contributed by atoms with van der Waals surface area (Å²) >= 11 is 0. The first-order valence-corrected chi connectivity index (χ1v) is 5.87. The zero-order valence-corrected chi connectivity index (χ0v) is 10.9. The van der Waals surface area contributed by atoms with Gasteiger partial charge in [0.15, 0.2) is 5.69 Å². The van der Waals surface area contributed by atoms with Gasteiger partial charge in [-0.25, -0.2) is 8.78 Å². The average molecular weight is 281 g/mol. The van der Waals surface area contributed by atoms with Crippen LogP contribution in [-0.4, -0.2) is 16.1 Å². The molecule has 0 saturated heterocycles. The second kappa shape index (κ2) is 5.68. The highest BCUT2D eigenvalue weighted by Crippen LogP contribution is 2.31. The van der Waals surface area contributed by atoms with Gasteiger partial charge < -0.3 is 15.2 Å². The lowest BCUT2D eigenvalue weighted by atomic mass is 10.3.